The van der Waals surface area contributed by atoms with E-state index in [9.17, 15) is 5.11 Å². The number of rotatable bonds is 1. The summed E-state index contributed by atoms with van der Waals surface area (Å²) in [6.07, 6.45) is 1.65. The molecule has 0 bridgehead atoms. The average Bonchev–Trinajstić information content (AvgIpc) is 2.72. The number of fused-ring (bicyclic) bond motifs is 1. The van der Waals surface area contributed by atoms with E-state index in [1.807, 2.05) is 19.1 Å². The van der Waals surface area contributed by atoms with Gasteiger partial charge < -0.3 is 9.52 Å². The largest absolute Gasteiger partial charge is 0.507 e. The van der Waals surface area contributed by atoms with E-state index < -0.39 is 0 Å². The third-order valence-electron chi connectivity index (χ3n) is 2.55. The fraction of sp³-hybridized carbons (Fsp3) is 0.0769. The number of benzene rings is 1. The van der Waals surface area contributed by atoms with E-state index in [1.165, 1.54) is 0 Å². The number of oxazole rings is 1. The van der Waals surface area contributed by atoms with Crippen LogP contribution in [0.5, 0.6) is 5.75 Å². The zero-order chi connectivity index (χ0) is 11.8. The number of aromatic hydroxyl groups is 1. The Bertz CT molecular complexity index is 656. The highest BCUT2D eigenvalue weighted by Crippen LogP contribution is 2.30. The van der Waals surface area contributed by atoms with Gasteiger partial charge in [0.05, 0.1) is 5.56 Å². The van der Waals surface area contributed by atoms with Crippen LogP contribution in [0.2, 0.25) is 0 Å². The fourth-order valence-corrected chi connectivity index (χ4v) is 1.71. The Labute approximate surface area is 97.6 Å². The monoisotopic (exact) mass is 226 g/mol. The molecule has 0 spiro atoms. The number of hydrogen-bond donors (Lipinski definition) is 1. The highest BCUT2D eigenvalue weighted by atomic mass is 16.4. The zero-order valence-electron chi connectivity index (χ0n) is 9.21. The first-order chi connectivity index (χ1) is 8.24. The third-order valence-corrected chi connectivity index (χ3v) is 2.55. The Hall–Kier alpha value is -2.36. The van der Waals surface area contributed by atoms with Crippen LogP contribution in [0.25, 0.3) is 22.7 Å². The highest BCUT2D eigenvalue weighted by molar-refractivity contribution is 5.74. The van der Waals surface area contributed by atoms with Crippen LogP contribution in [0, 0.1) is 6.92 Å². The van der Waals surface area contributed by atoms with E-state index in [0.29, 0.717) is 22.7 Å². The molecule has 0 unspecified atom stereocenters. The molecule has 0 aliphatic rings. The Morgan fingerprint density at radius 1 is 1.24 bits per heavy atom. The van der Waals surface area contributed by atoms with Gasteiger partial charge in [0.1, 0.15) is 11.3 Å². The van der Waals surface area contributed by atoms with Crippen LogP contribution in [0.3, 0.4) is 0 Å². The smallest absolute Gasteiger partial charge is 0.247 e. The predicted octanol–water partition coefficient (Wildman–Crippen LogP) is 2.90. The maximum atomic E-state index is 9.85. The molecule has 0 saturated heterocycles. The van der Waals surface area contributed by atoms with Crippen LogP contribution in [-0.2, 0) is 0 Å². The molecule has 1 aromatic carbocycles. The van der Waals surface area contributed by atoms with Crippen LogP contribution >= 0.6 is 0 Å². The molecule has 2 heterocycles. The average molecular weight is 226 g/mol. The molecule has 0 aliphatic carbocycles. The van der Waals surface area contributed by atoms with Crippen molar-refractivity contribution < 1.29 is 9.52 Å². The van der Waals surface area contributed by atoms with E-state index in [1.54, 1.807) is 24.4 Å². The number of pyridine rings is 1. The first-order valence-electron chi connectivity index (χ1n) is 5.25. The van der Waals surface area contributed by atoms with Crippen molar-refractivity contribution in [1.82, 2.24) is 9.97 Å². The van der Waals surface area contributed by atoms with Gasteiger partial charge in [-0.05, 0) is 36.8 Å². The number of hydrogen-bond acceptors (Lipinski definition) is 4. The Balaban J connectivity index is 2.20. The van der Waals surface area contributed by atoms with Gasteiger partial charge >= 0.3 is 0 Å². The van der Waals surface area contributed by atoms with E-state index in [2.05, 4.69) is 9.97 Å². The van der Waals surface area contributed by atoms with Crippen molar-refractivity contribution in [3.63, 3.8) is 0 Å². The standard InChI is InChI=1S/C13H10N2O2/c1-8-4-5-9(11(16)7-8)12-15-10-3-2-6-14-13(10)17-12/h2-7,16H,1H3. The van der Waals surface area contributed by atoms with Crippen molar-refractivity contribution >= 4 is 11.2 Å². The van der Waals surface area contributed by atoms with Crippen molar-refractivity contribution in [2.24, 2.45) is 0 Å². The predicted molar refractivity (Wildman–Crippen MR) is 63.6 cm³/mol. The molecular weight excluding hydrogens is 216 g/mol. The van der Waals surface area contributed by atoms with Crippen LogP contribution in [0.15, 0.2) is 40.9 Å². The molecule has 17 heavy (non-hydrogen) atoms. The summed E-state index contributed by atoms with van der Waals surface area (Å²) in [4.78, 5) is 8.35. The maximum absolute atomic E-state index is 9.85. The lowest BCUT2D eigenvalue weighted by Gasteiger charge is -2.00. The van der Waals surface area contributed by atoms with E-state index in [-0.39, 0.29) is 5.75 Å². The summed E-state index contributed by atoms with van der Waals surface area (Å²) in [6, 6.07) is 8.98. The number of phenols is 1. The SMILES string of the molecule is Cc1ccc(-c2nc3cccnc3o2)c(O)c1. The zero-order valence-corrected chi connectivity index (χ0v) is 9.21. The second kappa shape index (κ2) is 3.59. The molecule has 4 nitrogen and oxygen atoms in total. The third kappa shape index (κ3) is 1.63. The molecule has 0 atom stereocenters. The summed E-state index contributed by atoms with van der Waals surface area (Å²) < 4.78 is 5.49. The van der Waals surface area contributed by atoms with Gasteiger partial charge in [0.15, 0.2) is 0 Å². The van der Waals surface area contributed by atoms with E-state index in [4.69, 9.17) is 4.42 Å². The Morgan fingerprint density at radius 3 is 2.88 bits per heavy atom. The lowest BCUT2D eigenvalue weighted by Crippen LogP contribution is -1.80. The van der Waals surface area contributed by atoms with Crippen molar-refractivity contribution in [2.45, 2.75) is 6.92 Å². The summed E-state index contributed by atoms with van der Waals surface area (Å²) in [5.41, 5.74) is 2.72. The van der Waals surface area contributed by atoms with Gasteiger partial charge in [-0.3, -0.25) is 0 Å². The van der Waals surface area contributed by atoms with Crippen molar-refractivity contribution in [3.05, 3.63) is 42.1 Å². The first kappa shape index (κ1) is 9.84. The summed E-state index contributed by atoms with van der Waals surface area (Å²) in [7, 11) is 0. The lowest BCUT2D eigenvalue weighted by atomic mass is 10.1. The minimum atomic E-state index is 0.163. The molecule has 4 heteroatoms. The van der Waals surface area contributed by atoms with Gasteiger partial charge in [0.2, 0.25) is 11.6 Å². The molecule has 2 aromatic heterocycles. The fourth-order valence-electron chi connectivity index (χ4n) is 1.71. The van der Waals surface area contributed by atoms with Crippen LogP contribution in [-0.4, -0.2) is 15.1 Å². The number of nitrogens with zero attached hydrogens (tertiary/aromatic N) is 2. The minimum Gasteiger partial charge on any atom is -0.507 e. The highest BCUT2D eigenvalue weighted by Gasteiger charge is 2.12. The number of aryl methyl sites for hydroxylation is 1. The van der Waals surface area contributed by atoms with Gasteiger partial charge in [-0.15, -0.1) is 0 Å². The summed E-state index contributed by atoms with van der Waals surface area (Å²) in [5.74, 6) is 0.549. The summed E-state index contributed by atoms with van der Waals surface area (Å²) >= 11 is 0. The van der Waals surface area contributed by atoms with Crippen molar-refractivity contribution in [3.8, 4) is 17.2 Å². The van der Waals surface area contributed by atoms with Gasteiger partial charge in [-0.25, -0.2) is 9.97 Å². The summed E-state index contributed by atoms with van der Waals surface area (Å²) in [6.45, 7) is 1.91. The van der Waals surface area contributed by atoms with Gasteiger partial charge in [-0.1, -0.05) is 6.07 Å². The molecule has 3 aromatic rings. The molecule has 84 valence electrons. The molecule has 3 rings (SSSR count). The molecular formula is C13H10N2O2. The van der Waals surface area contributed by atoms with Crippen LogP contribution in [0.4, 0.5) is 0 Å². The maximum Gasteiger partial charge on any atom is 0.247 e. The van der Waals surface area contributed by atoms with Gasteiger partial charge in [0, 0.05) is 6.20 Å². The molecule has 0 saturated carbocycles. The molecule has 0 amide bonds. The topological polar surface area (TPSA) is 59.2 Å². The van der Waals surface area contributed by atoms with Crippen molar-refractivity contribution in [2.75, 3.05) is 0 Å². The van der Waals surface area contributed by atoms with Gasteiger partial charge in [-0.2, -0.15) is 0 Å². The number of phenolic OH excluding ortho intramolecular Hbond substituents is 1. The molecule has 0 radical (unpaired) electrons. The second-order valence-corrected chi connectivity index (χ2v) is 3.87. The quantitative estimate of drug-likeness (QED) is 0.693. The van der Waals surface area contributed by atoms with Gasteiger partial charge in [0.25, 0.3) is 0 Å². The molecule has 0 aliphatic heterocycles. The van der Waals surface area contributed by atoms with E-state index in [0.717, 1.165) is 5.56 Å². The number of aromatic nitrogens is 2. The van der Waals surface area contributed by atoms with Crippen LogP contribution < -0.4 is 0 Å². The molecule has 0 fully saturated rings. The van der Waals surface area contributed by atoms with Crippen LogP contribution in [0.1, 0.15) is 5.56 Å². The Morgan fingerprint density at radius 2 is 2.12 bits per heavy atom. The minimum absolute atomic E-state index is 0.163. The Kier molecular flexibility index (Phi) is 2.08. The first-order valence-corrected chi connectivity index (χ1v) is 5.25. The normalized spacial score (nSPS) is 10.9. The van der Waals surface area contributed by atoms with E-state index >= 15 is 0 Å². The summed E-state index contributed by atoms with van der Waals surface area (Å²) in [5, 5.41) is 9.85. The molecule has 1 N–H and O–H groups in total. The second-order valence-electron chi connectivity index (χ2n) is 3.87. The lowest BCUT2D eigenvalue weighted by molar-refractivity contribution is 0.473. The van der Waals surface area contributed by atoms with Crippen molar-refractivity contribution in [1.29, 1.82) is 0 Å².